The molecule has 224 valence electrons. The molecule has 0 bridgehead atoms. The van der Waals surface area contributed by atoms with Crippen molar-refractivity contribution in [3.05, 3.63) is 102 Å². The molecule has 0 amide bonds. The van der Waals surface area contributed by atoms with Gasteiger partial charge in [0.15, 0.2) is 0 Å². The lowest BCUT2D eigenvalue weighted by Crippen LogP contribution is -2.22. The summed E-state index contributed by atoms with van der Waals surface area (Å²) >= 11 is 0. The zero-order valence-electron chi connectivity index (χ0n) is 24.6. The number of aromatic nitrogens is 5. The fourth-order valence-electron chi connectivity index (χ4n) is 6.43. The fraction of sp³-hybridized carbons (Fsp3) is 0.257. The first-order valence-corrected chi connectivity index (χ1v) is 15.3. The van der Waals surface area contributed by atoms with Gasteiger partial charge in [-0.1, -0.05) is 49.4 Å². The fourth-order valence-corrected chi connectivity index (χ4v) is 6.43. The maximum Gasteiger partial charge on any atom is 0.203 e. The largest absolute Gasteiger partial charge is 0.465 e. The molecule has 2 aliphatic rings. The topological polar surface area (TPSA) is 95.6 Å². The van der Waals surface area contributed by atoms with Crippen molar-refractivity contribution in [1.82, 2.24) is 35.1 Å². The highest BCUT2D eigenvalue weighted by atomic mass is 127. The number of imidazole rings is 2. The van der Waals surface area contributed by atoms with E-state index in [0.29, 0.717) is 6.04 Å². The summed E-state index contributed by atoms with van der Waals surface area (Å²) in [5, 5.41) is 8.12. The Hall–Kier alpha value is -3.93. The van der Waals surface area contributed by atoms with E-state index >= 15 is 0 Å². The first kappa shape index (κ1) is 28.8. The summed E-state index contributed by atoms with van der Waals surface area (Å²) in [6, 6.07) is 26.2. The number of hydrogen-bond acceptors (Lipinski definition) is 5. The van der Waals surface area contributed by atoms with Gasteiger partial charge in [-0.3, -0.25) is 0 Å². The van der Waals surface area contributed by atoms with Crippen LogP contribution in [-0.2, 0) is 6.54 Å². The molecule has 6 aromatic rings. The van der Waals surface area contributed by atoms with Crippen LogP contribution in [0.15, 0.2) is 85.2 Å². The van der Waals surface area contributed by atoms with Crippen LogP contribution in [0.5, 0.6) is 5.75 Å². The SMILES string of the molecule is CCCNCc1ncc(-c2ccc3c(c2)OC(c2ccccc2)n2c-3cc3cc(-c4cnc(C5CCCN5)[nH]4)ccc32)[nH]1.I. The summed E-state index contributed by atoms with van der Waals surface area (Å²) in [7, 11) is 0. The van der Waals surface area contributed by atoms with E-state index in [1.165, 1.54) is 11.8 Å². The highest BCUT2D eigenvalue weighted by Crippen LogP contribution is 2.45. The second-order valence-corrected chi connectivity index (χ2v) is 11.5. The lowest BCUT2D eigenvalue weighted by Gasteiger charge is -2.30. The van der Waals surface area contributed by atoms with Gasteiger partial charge in [-0.15, -0.1) is 24.0 Å². The van der Waals surface area contributed by atoms with E-state index < -0.39 is 0 Å². The average Bonchev–Trinajstić information content (AvgIpc) is 3.87. The molecule has 8 rings (SSSR count). The molecule has 5 heterocycles. The van der Waals surface area contributed by atoms with Crippen LogP contribution >= 0.6 is 24.0 Å². The zero-order valence-corrected chi connectivity index (χ0v) is 27.0. The number of halogens is 1. The minimum absolute atomic E-state index is 0. The number of benzene rings is 3. The maximum absolute atomic E-state index is 6.83. The van der Waals surface area contributed by atoms with Gasteiger partial charge in [-0.05, 0) is 62.7 Å². The third kappa shape index (κ3) is 5.22. The number of ether oxygens (including phenoxy) is 1. The second-order valence-electron chi connectivity index (χ2n) is 11.5. The molecule has 9 heteroatoms. The Morgan fingerprint density at radius 2 is 1.75 bits per heavy atom. The summed E-state index contributed by atoms with van der Waals surface area (Å²) in [5.41, 5.74) is 8.67. The number of rotatable bonds is 8. The molecule has 1 saturated heterocycles. The van der Waals surface area contributed by atoms with Crippen molar-refractivity contribution in [2.45, 2.75) is 45.0 Å². The monoisotopic (exact) mass is 697 g/mol. The van der Waals surface area contributed by atoms with Crippen LogP contribution in [0.1, 0.15) is 55.7 Å². The first-order valence-electron chi connectivity index (χ1n) is 15.3. The van der Waals surface area contributed by atoms with Crippen molar-refractivity contribution in [3.8, 4) is 39.5 Å². The first-order chi connectivity index (χ1) is 21.2. The lowest BCUT2D eigenvalue weighted by atomic mass is 10.0. The van der Waals surface area contributed by atoms with Crippen molar-refractivity contribution in [1.29, 1.82) is 0 Å². The molecular formula is C35H36IN7O. The van der Waals surface area contributed by atoms with Gasteiger partial charge in [0.1, 0.15) is 17.4 Å². The van der Waals surface area contributed by atoms with Gasteiger partial charge in [-0.25, -0.2) is 9.97 Å². The molecule has 44 heavy (non-hydrogen) atoms. The molecule has 3 aromatic carbocycles. The number of H-pyrrole nitrogens is 2. The minimum Gasteiger partial charge on any atom is -0.465 e. The Morgan fingerprint density at radius 1 is 0.932 bits per heavy atom. The van der Waals surface area contributed by atoms with Crippen LogP contribution in [0.2, 0.25) is 0 Å². The Morgan fingerprint density at radius 3 is 2.59 bits per heavy atom. The van der Waals surface area contributed by atoms with Crippen LogP contribution in [0.25, 0.3) is 44.7 Å². The molecular weight excluding hydrogens is 661 g/mol. The predicted molar refractivity (Wildman–Crippen MR) is 185 cm³/mol. The Bertz CT molecular complexity index is 1900. The van der Waals surface area contributed by atoms with Crippen LogP contribution in [0, 0.1) is 0 Å². The van der Waals surface area contributed by atoms with E-state index in [0.717, 1.165) is 94.7 Å². The molecule has 1 fully saturated rings. The summed E-state index contributed by atoms with van der Waals surface area (Å²) in [6.45, 7) is 4.92. The van der Waals surface area contributed by atoms with Crippen LogP contribution in [0.3, 0.4) is 0 Å². The van der Waals surface area contributed by atoms with Crippen molar-refractivity contribution < 1.29 is 4.74 Å². The highest BCUT2D eigenvalue weighted by Gasteiger charge is 2.29. The normalized spacial score (nSPS) is 17.2. The smallest absolute Gasteiger partial charge is 0.203 e. The Kier molecular flexibility index (Phi) is 8.00. The second kappa shape index (κ2) is 12.2. The third-order valence-electron chi connectivity index (χ3n) is 8.61. The van der Waals surface area contributed by atoms with E-state index in [4.69, 9.17) is 9.72 Å². The predicted octanol–water partition coefficient (Wildman–Crippen LogP) is 7.57. The molecule has 4 N–H and O–H groups in total. The third-order valence-corrected chi connectivity index (χ3v) is 8.61. The van der Waals surface area contributed by atoms with Gasteiger partial charge in [0.05, 0.1) is 47.6 Å². The van der Waals surface area contributed by atoms with E-state index in [9.17, 15) is 0 Å². The molecule has 0 aliphatic carbocycles. The number of nitrogens with one attached hydrogen (secondary N) is 4. The Labute approximate surface area is 273 Å². The summed E-state index contributed by atoms with van der Waals surface area (Å²) in [6.07, 6.45) is 6.99. The quantitative estimate of drug-likeness (QED) is 0.0973. The zero-order chi connectivity index (χ0) is 28.8. The summed E-state index contributed by atoms with van der Waals surface area (Å²) < 4.78 is 9.15. The average molecular weight is 698 g/mol. The molecule has 0 saturated carbocycles. The molecule has 2 atom stereocenters. The summed E-state index contributed by atoms with van der Waals surface area (Å²) in [4.78, 5) is 16.3. The number of aromatic amines is 2. The molecule has 2 aliphatic heterocycles. The van der Waals surface area contributed by atoms with Crippen molar-refractivity contribution in [3.63, 3.8) is 0 Å². The standard InChI is InChI=1S/C35H35N7O.HI/c1-2-14-36-21-33-38-19-28(40-33)24-10-12-26-31-17-25-16-23(29-20-39-34(41-29)27-9-6-15-37-27)11-13-30(25)42(31)35(43-32(26)18-24)22-7-4-3-5-8-22;/h3-5,7-8,10-13,16-20,27,35-37H,2,6,9,14-15,21H2,1H3,(H,38,40)(H,39,41);1H. The van der Waals surface area contributed by atoms with Gasteiger partial charge in [0.2, 0.25) is 6.23 Å². The Balaban J connectivity index is 0.00000312. The number of nitrogens with zero attached hydrogens (tertiary/aromatic N) is 3. The van der Waals surface area contributed by atoms with Crippen LogP contribution in [0.4, 0.5) is 0 Å². The summed E-state index contributed by atoms with van der Waals surface area (Å²) in [5.74, 6) is 2.82. The molecule has 3 aromatic heterocycles. The molecule has 0 radical (unpaired) electrons. The van der Waals surface area contributed by atoms with Crippen LogP contribution < -0.4 is 15.4 Å². The van der Waals surface area contributed by atoms with Gasteiger partial charge < -0.3 is 29.9 Å². The van der Waals surface area contributed by atoms with E-state index in [-0.39, 0.29) is 30.2 Å². The van der Waals surface area contributed by atoms with Gasteiger partial charge >= 0.3 is 0 Å². The molecule has 8 nitrogen and oxygen atoms in total. The van der Waals surface area contributed by atoms with Crippen molar-refractivity contribution in [2.24, 2.45) is 0 Å². The van der Waals surface area contributed by atoms with Gasteiger partial charge in [-0.2, -0.15) is 0 Å². The minimum atomic E-state index is -0.287. The molecule has 0 spiro atoms. The maximum atomic E-state index is 6.83. The lowest BCUT2D eigenvalue weighted by molar-refractivity contribution is 0.173. The van der Waals surface area contributed by atoms with Crippen molar-refractivity contribution >= 4 is 34.9 Å². The van der Waals surface area contributed by atoms with Gasteiger partial charge in [0.25, 0.3) is 0 Å². The molecule has 2 unspecified atom stereocenters. The van der Waals surface area contributed by atoms with Gasteiger partial charge in [0, 0.05) is 27.6 Å². The highest BCUT2D eigenvalue weighted by molar-refractivity contribution is 14.0. The number of hydrogen-bond donors (Lipinski definition) is 4. The van der Waals surface area contributed by atoms with E-state index in [2.05, 4.69) is 104 Å². The van der Waals surface area contributed by atoms with E-state index in [1.807, 2.05) is 18.5 Å². The number of fused-ring (bicyclic) bond motifs is 5. The van der Waals surface area contributed by atoms with Crippen molar-refractivity contribution in [2.75, 3.05) is 13.1 Å². The van der Waals surface area contributed by atoms with Crippen LogP contribution in [-0.4, -0.2) is 37.6 Å². The van der Waals surface area contributed by atoms with E-state index in [1.54, 1.807) is 0 Å².